The number of methoxy groups -OCH3 is 1. The molecule has 3 rings (SSSR count). The first-order chi connectivity index (χ1) is 12.7. The molecule has 27 heavy (non-hydrogen) atoms. The maximum absolute atomic E-state index is 12.8. The van der Waals surface area contributed by atoms with E-state index in [0.29, 0.717) is 11.3 Å². The van der Waals surface area contributed by atoms with Crippen LogP contribution in [0.2, 0.25) is 0 Å². The molecule has 1 aromatic heterocycles. The van der Waals surface area contributed by atoms with Crippen molar-refractivity contribution in [3.63, 3.8) is 0 Å². The van der Waals surface area contributed by atoms with E-state index in [1.54, 1.807) is 23.7 Å². The number of benzene rings is 2. The van der Waals surface area contributed by atoms with Gasteiger partial charge in [-0.2, -0.15) is 13.2 Å². The van der Waals surface area contributed by atoms with E-state index in [2.05, 4.69) is 5.32 Å². The van der Waals surface area contributed by atoms with Crippen molar-refractivity contribution in [1.29, 1.82) is 0 Å². The lowest BCUT2D eigenvalue weighted by Gasteiger charge is -2.12. The molecule has 1 heterocycles. The number of hydrogen-bond acceptors (Lipinski definition) is 3. The third-order valence-corrected chi connectivity index (χ3v) is 4.09. The van der Waals surface area contributed by atoms with E-state index in [1.807, 2.05) is 0 Å². The van der Waals surface area contributed by atoms with Crippen LogP contribution in [0.4, 0.5) is 18.9 Å². The minimum atomic E-state index is -4.53. The van der Waals surface area contributed by atoms with Crippen molar-refractivity contribution in [2.45, 2.75) is 6.18 Å². The van der Waals surface area contributed by atoms with Crippen molar-refractivity contribution in [2.24, 2.45) is 7.05 Å². The summed E-state index contributed by atoms with van der Waals surface area (Å²) in [4.78, 5) is 25.2. The van der Waals surface area contributed by atoms with Gasteiger partial charge in [-0.25, -0.2) is 0 Å². The molecular weight excluding hydrogens is 361 g/mol. The van der Waals surface area contributed by atoms with Crippen LogP contribution in [0, 0.1) is 0 Å². The average molecular weight is 376 g/mol. The number of anilines is 1. The van der Waals surface area contributed by atoms with Crippen LogP contribution in [0.25, 0.3) is 10.9 Å². The number of carbonyl (C=O) groups is 1. The van der Waals surface area contributed by atoms with E-state index < -0.39 is 23.1 Å². The zero-order valence-electron chi connectivity index (χ0n) is 14.4. The molecule has 2 aromatic carbocycles. The molecule has 1 amide bonds. The topological polar surface area (TPSA) is 60.3 Å². The quantitative estimate of drug-likeness (QED) is 0.756. The van der Waals surface area contributed by atoms with Crippen LogP contribution in [0.1, 0.15) is 15.9 Å². The van der Waals surface area contributed by atoms with Gasteiger partial charge in [0.05, 0.1) is 23.6 Å². The van der Waals surface area contributed by atoms with E-state index in [0.717, 1.165) is 12.1 Å². The zero-order valence-corrected chi connectivity index (χ0v) is 14.4. The molecule has 140 valence electrons. The lowest BCUT2D eigenvalue weighted by Crippen LogP contribution is -2.23. The Balaban J connectivity index is 2.01. The minimum absolute atomic E-state index is 0.0531. The van der Waals surface area contributed by atoms with Crippen LogP contribution in [-0.2, 0) is 13.2 Å². The molecule has 8 heteroatoms. The summed E-state index contributed by atoms with van der Waals surface area (Å²) in [5.74, 6) is -0.338. The third-order valence-electron chi connectivity index (χ3n) is 4.09. The summed E-state index contributed by atoms with van der Waals surface area (Å²) in [5.41, 5.74) is -1.07. The number of aromatic nitrogens is 1. The fourth-order valence-corrected chi connectivity index (χ4v) is 2.73. The summed E-state index contributed by atoms with van der Waals surface area (Å²) in [5, 5.41) is 2.62. The fourth-order valence-electron chi connectivity index (χ4n) is 2.73. The summed E-state index contributed by atoms with van der Waals surface area (Å²) < 4.78 is 45.1. The molecule has 0 unspecified atom stereocenters. The Morgan fingerprint density at radius 3 is 2.56 bits per heavy atom. The predicted octanol–water partition coefficient (Wildman–Crippen LogP) is 3.82. The van der Waals surface area contributed by atoms with Gasteiger partial charge < -0.3 is 14.6 Å². The molecule has 0 saturated heterocycles. The molecule has 0 aliphatic rings. The molecule has 0 bridgehead atoms. The van der Waals surface area contributed by atoms with Crippen LogP contribution in [0.5, 0.6) is 5.75 Å². The Morgan fingerprint density at radius 1 is 1.15 bits per heavy atom. The largest absolute Gasteiger partial charge is 0.497 e. The van der Waals surface area contributed by atoms with E-state index in [-0.39, 0.29) is 16.6 Å². The van der Waals surface area contributed by atoms with Crippen molar-refractivity contribution in [3.8, 4) is 5.75 Å². The second kappa shape index (κ2) is 6.79. The highest BCUT2D eigenvalue weighted by atomic mass is 19.4. The van der Waals surface area contributed by atoms with Gasteiger partial charge in [0.15, 0.2) is 0 Å². The molecule has 1 N–H and O–H groups in total. The van der Waals surface area contributed by atoms with Gasteiger partial charge in [0, 0.05) is 18.9 Å². The van der Waals surface area contributed by atoms with E-state index >= 15 is 0 Å². The van der Waals surface area contributed by atoms with E-state index in [4.69, 9.17) is 4.74 Å². The first-order valence-corrected chi connectivity index (χ1v) is 7.86. The molecule has 5 nitrogen and oxygen atoms in total. The number of carbonyl (C=O) groups excluding carboxylic acids is 1. The summed E-state index contributed by atoms with van der Waals surface area (Å²) in [7, 11) is 3.12. The molecule has 0 saturated carbocycles. The van der Waals surface area contributed by atoms with Crippen LogP contribution in [0.3, 0.4) is 0 Å². The van der Waals surface area contributed by atoms with Gasteiger partial charge in [0.1, 0.15) is 11.3 Å². The number of fused-ring (bicyclic) bond motifs is 1. The van der Waals surface area contributed by atoms with Crippen LogP contribution in [-0.4, -0.2) is 17.6 Å². The highest BCUT2D eigenvalue weighted by Crippen LogP contribution is 2.30. The van der Waals surface area contributed by atoms with Gasteiger partial charge in [0.25, 0.3) is 5.91 Å². The van der Waals surface area contributed by atoms with E-state index in [9.17, 15) is 22.8 Å². The fraction of sp³-hybridized carbons (Fsp3) is 0.158. The van der Waals surface area contributed by atoms with Gasteiger partial charge in [-0.1, -0.05) is 6.07 Å². The van der Waals surface area contributed by atoms with Gasteiger partial charge in [-0.3, -0.25) is 9.59 Å². The summed E-state index contributed by atoms with van der Waals surface area (Å²) >= 11 is 0. The lowest BCUT2D eigenvalue weighted by molar-refractivity contribution is -0.137. The van der Waals surface area contributed by atoms with Gasteiger partial charge in [0.2, 0.25) is 5.43 Å². The van der Waals surface area contributed by atoms with Crippen molar-refractivity contribution in [1.82, 2.24) is 4.57 Å². The van der Waals surface area contributed by atoms with Gasteiger partial charge in [-0.15, -0.1) is 0 Å². The molecule has 0 aliphatic heterocycles. The smallest absolute Gasteiger partial charge is 0.416 e. The summed E-state index contributed by atoms with van der Waals surface area (Å²) in [6.45, 7) is 0. The Morgan fingerprint density at radius 2 is 1.89 bits per heavy atom. The first-order valence-electron chi connectivity index (χ1n) is 7.86. The molecular formula is C19H15F3N2O3. The van der Waals surface area contributed by atoms with Crippen molar-refractivity contribution >= 4 is 22.5 Å². The lowest BCUT2D eigenvalue weighted by atomic mass is 10.1. The van der Waals surface area contributed by atoms with Crippen molar-refractivity contribution in [2.75, 3.05) is 12.4 Å². The molecule has 0 spiro atoms. The Labute approximate surface area is 152 Å². The van der Waals surface area contributed by atoms with Crippen LogP contribution < -0.4 is 15.5 Å². The number of amides is 1. The molecule has 0 aliphatic carbocycles. The van der Waals surface area contributed by atoms with Gasteiger partial charge in [-0.05, 0) is 36.4 Å². The number of alkyl halides is 3. The number of nitrogens with zero attached hydrogens (tertiary/aromatic N) is 1. The Bertz CT molecular complexity index is 1090. The second-order valence-electron chi connectivity index (χ2n) is 5.90. The highest BCUT2D eigenvalue weighted by Gasteiger charge is 2.30. The normalized spacial score (nSPS) is 11.4. The number of halogens is 3. The van der Waals surface area contributed by atoms with Crippen molar-refractivity contribution < 1.29 is 22.7 Å². The number of aryl methyl sites for hydroxylation is 1. The monoisotopic (exact) mass is 376 g/mol. The zero-order chi connectivity index (χ0) is 19.8. The summed E-state index contributed by atoms with van der Waals surface area (Å²) in [6, 6.07) is 9.10. The Hall–Kier alpha value is -3.29. The first kappa shape index (κ1) is 18.5. The summed E-state index contributed by atoms with van der Waals surface area (Å²) in [6.07, 6.45) is -3.18. The standard InChI is InChI=1S/C19H15F3N2O3/c1-24-10-15(17(25)14-9-13(27-2)6-7-16(14)24)18(26)23-12-5-3-4-11(8-12)19(20,21)22/h3-10H,1-2H3,(H,23,26). The number of nitrogens with one attached hydrogen (secondary N) is 1. The number of hydrogen-bond donors (Lipinski definition) is 1. The van der Waals surface area contributed by atoms with E-state index in [1.165, 1.54) is 31.5 Å². The predicted molar refractivity (Wildman–Crippen MR) is 95.1 cm³/mol. The highest BCUT2D eigenvalue weighted by molar-refractivity contribution is 6.05. The second-order valence-corrected chi connectivity index (χ2v) is 5.90. The molecule has 0 fully saturated rings. The van der Waals surface area contributed by atoms with Gasteiger partial charge >= 0.3 is 6.18 Å². The molecule has 3 aromatic rings. The number of ether oxygens (including phenoxy) is 1. The average Bonchev–Trinajstić information content (AvgIpc) is 2.63. The van der Waals surface area contributed by atoms with Crippen LogP contribution >= 0.6 is 0 Å². The maximum atomic E-state index is 12.8. The van der Waals surface area contributed by atoms with Crippen LogP contribution in [0.15, 0.2) is 53.5 Å². The molecule has 0 radical (unpaired) electrons. The number of pyridine rings is 1. The minimum Gasteiger partial charge on any atom is -0.497 e. The third kappa shape index (κ3) is 3.64. The molecule has 0 atom stereocenters. The Kier molecular flexibility index (Phi) is 4.65. The maximum Gasteiger partial charge on any atom is 0.416 e. The number of rotatable bonds is 3. The SMILES string of the molecule is COc1ccc2c(c1)c(=O)c(C(=O)Nc1cccc(C(F)(F)F)c1)cn2C. The van der Waals surface area contributed by atoms with Crippen molar-refractivity contribution in [3.05, 3.63) is 70.0 Å².